The zero-order valence-corrected chi connectivity index (χ0v) is 13.1. The highest BCUT2D eigenvalue weighted by Gasteiger charge is 2.17. The lowest BCUT2D eigenvalue weighted by molar-refractivity contribution is -0.124. The summed E-state index contributed by atoms with van der Waals surface area (Å²) >= 11 is 0. The summed E-state index contributed by atoms with van der Waals surface area (Å²) in [5, 5.41) is 11.6. The van der Waals surface area contributed by atoms with Crippen LogP contribution in [-0.2, 0) is 17.9 Å². The van der Waals surface area contributed by atoms with E-state index >= 15 is 0 Å². The van der Waals surface area contributed by atoms with Crippen molar-refractivity contribution in [3.8, 4) is 0 Å². The number of nitrogens with zero attached hydrogens (tertiary/aromatic N) is 4. The highest BCUT2D eigenvalue weighted by atomic mass is 16.2. The van der Waals surface area contributed by atoms with Crippen molar-refractivity contribution in [3.63, 3.8) is 0 Å². The Morgan fingerprint density at radius 1 is 1.43 bits per heavy atom. The number of carbonyl (C=O) groups is 1. The average Bonchev–Trinajstić information content (AvgIpc) is 3.07. The number of rotatable bonds is 6. The van der Waals surface area contributed by atoms with Crippen LogP contribution in [0.1, 0.15) is 43.3 Å². The van der Waals surface area contributed by atoms with Gasteiger partial charge in [-0.15, -0.1) is 0 Å². The Morgan fingerprint density at radius 3 is 2.81 bits per heavy atom. The molecule has 0 aliphatic heterocycles. The molecule has 2 aromatic rings. The maximum atomic E-state index is 12.2. The first-order valence-corrected chi connectivity index (χ1v) is 7.34. The molecule has 0 spiro atoms. The van der Waals surface area contributed by atoms with Gasteiger partial charge in [0.05, 0.1) is 5.69 Å². The van der Waals surface area contributed by atoms with Crippen LogP contribution in [0.4, 0.5) is 0 Å². The Balaban J connectivity index is 2.01. The largest absolute Gasteiger partial charge is 0.350 e. The smallest absolute Gasteiger partial charge is 0.244 e. The van der Waals surface area contributed by atoms with E-state index in [2.05, 4.69) is 22.4 Å². The Labute approximate surface area is 125 Å². The number of hydrogen-bond donors (Lipinski definition) is 1. The summed E-state index contributed by atoms with van der Waals surface area (Å²) in [6, 6.07) is 1.50. The zero-order valence-electron chi connectivity index (χ0n) is 13.1. The topological polar surface area (TPSA) is 64.7 Å². The van der Waals surface area contributed by atoms with Crippen molar-refractivity contribution in [1.29, 1.82) is 0 Å². The Morgan fingerprint density at radius 2 is 2.19 bits per heavy atom. The Bertz CT molecular complexity index is 600. The predicted octanol–water partition coefficient (Wildman–Crippen LogP) is 1.98. The summed E-state index contributed by atoms with van der Waals surface area (Å²) in [5.41, 5.74) is 3.21. The van der Waals surface area contributed by atoms with E-state index in [4.69, 9.17) is 0 Å². The number of nitrogens with one attached hydrogen (secondary N) is 1. The van der Waals surface area contributed by atoms with E-state index in [-0.39, 0.29) is 11.9 Å². The standard InChI is InChI=1S/C15H23N5O/c1-5-8-20-12(3)14(11(2)18-20)10-16-15(21)13(4)19-9-6-7-17-19/h6-7,9,13H,5,8,10H2,1-4H3,(H,16,21). The van der Waals surface area contributed by atoms with Crippen LogP contribution < -0.4 is 5.32 Å². The van der Waals surface area contributed by atoms with Crippen LogP contribution >= 0.6 is 0 Å². The molecule has 2 rings (SSSR count). The molecule has 114 valence electrons. The quantitative estimate of drug-likeness (QED) is 0.884. The first-order chi connectivity index (χ1) is 10.0. The molecule has 2 aromatic heterocycles. The molecular weight excluding hydrogens is 266 g/mol. The van der Waals surface area contributed by atoms with E-state index in [0.717, 1.165) is 29.9 Å². The van der Waals surface area contributed by atoms with E-state index in [1.807, 2.05) is 31.5 Å². The van der Waals surface area contributed by atoms with E-state index in [1.54, 1.807) is 17.1 Å². The van der Waals surface area contributed by atoms with Gasteiger partial charge in [-0.25, -0.2) is 0 Å². The summed E-state index contributed by atoms with van der Waals surface area (Å²) in [5.74, 6) is -0.0410. The molecule has 1 amide bonds. The van der Waals surface area contributed by atoms with Crippen molar-refractivity contribution in [3.05, 3.63) is 35.4 Å². The van der Waals surface area contributed by atoms with Gasteiger partial charge in [-0.2, -0.15) is 10.2 Å². The number of hydrogen-bond acceptors (Lipinski definition) is 3. The molecule has 0 aromatic carbocycles. The van der Waals surface area contributed by atoms with Gasteiger partial charge in [0.1, 0.15) is 6.04 Å². The summed E-state index contributed by atoms with van der Waals surface area (Å²) in [4.78, 5) is 12.2. The van der Waals surface area contributed by atoms with Crippen molar-refractivity contribution in [1.82, 2.24) is 24.9 Å². The van der Waals surface area contributed by atoms with Gasteiger partial charge in [0.2, 0.25) is 5.91 Å². The first kappa shape index (κ1) is 15.3. The molecule has 0 bridgehead atoms. The second kappa shape index (κ2) is 6.56. The fourth-order valence-electron chi connectivity index (χ4n) is 2.37. The second-order valence-corrected chi connectivity index (χ2v) is 5.25. The molecule has 0 fully saturated rings. The molecule has 0 radical (unpaired) electrons. The van der Waals surface area contributed by atoms with Gasteiger partial charge in [-0.3, -0.25) is 14.2 Å². The molecule has 1 unspecified atom stereocenters. The lowest BCUT2D eigenvalue weighted by atomic mass is 10.2. The molecule has 0 aliphatic rings. The SMILES string of the molecule is CCCn1nc(C)c(CNC(=O)C(C)n2cccn2)c1C. The fraction of sp³-hybridized carbons (Fsp3) is 0.533. The van der Waals surface area contributed by atoms with Gasteiger partial charge in [0.25, 0.3) is 0 Å². The summed E-state index contributed by atoms with van der Waals surface area (Å²) in [6.07, 6.45) is 4.51. The molecule has 0 aliphatic carbocycles. The van der Waals surface area contributed by atoms with Gasteiger partial charge < -0.3 is 5.32 Å². The van der Waals surface area contributed by atoms with E-state index in [1.165, 1.54) is 0 Å². The third kappa shape index (κ3) is 3.32. The normalized spacial score (nSPS) is 12.4. The molecule has 6 nitrogen and oxygen atoms in total. The van der Waals surface area contributed by atoms with Crippen LogP contribution in [0.3, 0.4) is 0 Å². The van der Waals surface area contributed by atoms with Gasteiger partial charge >= 0.3 is 0 Å². The monoisotopic (exact) mass is 289 g/mol. The number of aromatic nitrogens is 4. The van der Waals surface area contributed by atoms with E-state index < -0.39 is 0 Å². The molecule has 6 heteroatoms. The van der Waals surface area contributed by atoms with Crippen molar-refractivity contribution >= 4 is 5.91 Å². The Kier molecular flexibility index (Phi) is 4.77. The summed E-state index contributed by atoms with van der Waals surface area (Å²) in [7, 11) is 0. The zero-order chi connectivity index (χ0) is 15.4. The van der Waals surface area contributed by atoms with Crippen molar-refractivity contribution in [2.75, 3.05) is 0 Å². The molecule has 1 N–H and O–H groups in total. The summed E-state index contributed by atoms with van der Waals surface area (Å²) in [6.45, 7) is 9.41. The molecule has 1 atom stereocenters. The third-order valence-electron chi connectivity index (χ3n) is 3.71. The van der Waals surface area contributed by atoms with Crippen LogP contribution in [0, 0.1) is 13.8 Å². The van der Waals surface area contributed by atoms with E-state index in [9.17, 15) is 4.79 Å². The molecule has 0 saturated carbocycles. The third-order valence-corrected chi connectivity index (χ3v) is 3.71. The van der Waals surface area contributed by atoms with Crippen molar-refractivity contribution < 1.29 is 4.79 Å². The molecule has 2 heterocycles. The minimum atomic E-state index is -0.314. The van der Waals surface area contributed by atoms with Gasteiger partial charge in [0, 0.05) is 36.7 Å². The van der Waals surface area contributed by atoms with Crippen LogP contribution in [-0.4, -0.2) is 25.5 Å². The maximum Gasteiger partial charge on any atom is 0.244 e. The Hall–Kier alpha value is -2.11. The summed E-state index contributed by atoms with van der Waals surface area (Å²) < 4.78 is 3.66. The number of aryl methyl sites for hydroxylation is 2. The predicted molar refractivity (Wildman–Crippen MR) is 80.8 cm³/mol. The molecular formula is C15H23N5O. The first-order valence-electron chi connectivity index (χ1n) is 7.34. The van der Waals surface area contributed by atoms with E-state index in [0.29, 0.717) is 6.54 Å². The minimum absolute atomic E-state index is 0.0410. The van der Waals surface area contributed by atoms with Gasteiger partial charge in [-0.1, -0.05) is 6.92 Å². The number of carbonyl (C=O) groups excluding carboxylic acids is 1. The highest BCUT2D eigenvalue weighted by molar-refractivity contribution is 5.79. The average molecular weight is 289 g/mol. The van der Waals surface area contributed by atoms with Gasteiger partial charge in [0.15, 0.2) is 0 Å². The lowest BCUT2D eigenvalue weighted by Gasteiger charge is -2.13. The highest BCUT2D eigenvalue weighted by Crippen LogP contribution is 2.14. The van der Waals surface area contributed by atoms with Crippen molar-refractivity contribution in [2.24, 2.45) is 0 Å². The molecule has 0 saturated heterocycles. The lowest BCUT2D eigenvalue weighted by Crippen LogP contribution is -2.31. The van der Waals surface area contributed by atoms with Crippen LogP contribution in [0.25, 0.3) is 0 Å². The fourth-order valence-corrected chi connectivity index (χ4v) is 2.37. The maximum absolute atomic E-state index is 12.2. The van der Waals surface area contributed by atoms with Crippen LogP contribution in [0.15, 0.2) is 18.5 Å². The molecule has 21 heavy (non-hydrogen) atoms. The van der Waals surface area contributed by atoms with Crippen molar-refractivity contribution in [2.45, 2.75) is 53.2 Å². The minimum Gasteiger partial charge on any atom is -0.350 e. The van der Waals surface area contributed by atoms with Crippen LogP contribution in [0.2, 0.25) is 0 Å². The van der Waals surface area contributed by atoms with Gasteiger partial charge in [-0.05, 0) is 33.3 Å². The van der Waals surface area contributed by atoms with Crippen LogP contribution in [0.5, 0.6) is 0 Å². The number of amides is 1. The second-order valence-electron chi connectivity index (χ2n) is 5.25.